The van der Waals surface area contributed by atoms with Crippen molar-refractivity contribution in [3.8, 4) is 16.9 Å². The van der Waals surface area contributed by atoms with Crippen molar-refractivity contribution in [2.75, 3.05) is 11.6 Å². The Balaban J connectivity index is 1.68. The van der Waals surface area contributed by atoms with E-state index in [9.17, 15) is 13.2 Å². The molecule has 31 heavy (non-hydrogen) atoms. The van der Waals surface area contributed by atoms with Gasteiger partial charge in [-0.3, -0.25) is 4.79 Å². The predicted molar refractivity (Wildman–Crippen MR) is 122 cm³/mol. The van der Waals surface area contributed by atoms with E-state index in [4.69, 9.17) is 0 Å². The minimum Gasteiger partial charge on any atom is -0.306 e. The zero-order chi connectivity index (χ0) is 21.8. The van der Waals surface area contributed by atoms with Gasteiger partial charge in [-0.05, 0) is 29.8 Å². The second-order valence-corrected chi connectivity index (χ2v) is 9.39. The van der Waals surface area contributed by atoms with Gasteiger partial charge in [-0.1, -0.05) is 60.7 Å². The van der Waals surface area contributed by atoms with E-state index in [0.717, 1.165) is 16.9 Å². The van der Waals surface area contributed by atoms with Crippen LogP contribution < -0.4 is 5.32 Å². The molecule has 0 bridgehead atoms. The van der Waals surface area contributed by atoms with Crippen molar-refractivity contribution in [1.82, 2.24) is 9.78 Å². The summed E-state index contributed by atoms with van der Waals surface area (Å²) in [6.45, 7) is 0. The Kier molecular flexibility index (Phi) is 5.68. The van der Waals surface area contributed by atoms with Crippen LogP contribution >= 0.6 is 0 Å². The van der Waals surface area contributed by atoms with Gasteiger partial charge in [-0.25, -0.2) is 13.1 Å². The molecular weight excluding hydrogens is 410 g/mol. The van der Waals surface area contributed by atoms with Crippen molar-refractivity contribution in [3.63, 3.8) is 0 Å². The zero-order valence-electron chi connectivity index (χ0n) is 16.9. The van der Waals surface area contributed by atoms with Gasteiger partial charge in [0.15, 0.2) is 9.84 Å². The first-order chi connectivity index (χ1) is 14.9. The minimum atomic E-state index is -3.19. The van der Waals surface area contributed by atoms with Gasteiger partial charge in [0.1, 0.15) is 5.82 Å². The second kappa shape index (κ2) is 8.57. The topological polar surface area (TPSA) is 81.1 Å². The highest BCUT2D eigenvalue weighted by atomic mass is 32.2. The lowest BCUT2D eigenvalue weighted by molar-refractivity contribution is 0.102. The summed E-state index contributed by atoms with van der Waals surface area (Å²) in [4.78, 5) is 13.0. The van der Waals surface area contributed by atoms with E-state index >= 15 is 0 Å². The number of para-hydroxylation sites is 1. The Morgan fingerprint density at radius 2 is 1.58 bits per heavy atom. The summed E-state index contributed by atoms with van der Waals surface area (Å²) in [5.41, 5.74) is 3.42. The molecule has 0 fully saturated rings. The van der Waals surface area contributed by atoms with Crippen molar-refractivity contribution < 1.29 is 13.2 Å². The van der Waals surface area contributed by atoms with Crippen LogP contribution in [0.25, 0.3) is 16.9 Å². The SMILES string of the molecule is CS(=O)(=O)Cc1cccc(C(=O)Nc2cc(-c3ccccc3)nn2-c2ccccc2)c1. The lowest BCUT2D eigenvalue weighted by Gasteiger charge is -2.09. The Morgan fingerprint density at radius 1 is 0.903 bits per heavy atom. The largest absolute Gasteiger partial charge is 0.306 e. The van der Waals surface area contributed by atoms with Crippen LogP contribution in [0, 0.1) is 0 Å². The van der Waals surface area contributed by atoms with Gasteiger partial charge in [-0.2, -0.15) is 5.10 Å². The molecule has 0 atom stereocenters. The monoisotopic (exact) mass is 431 g/mol. The third kappa shape index (κ3) is 5.07. The van der Waals surface area contributed by atoms with Gasteiger partial charge in [0.05, 0.1) is 17.1 Å². The number of hydrogen-bond acceptors (Lipinski definition) is 4. The van der Waals surface area contributed by atoms with E-state index in [2.05, 4.69) is 10.4 Å². The highest BCUT2D eigenvalue weighted by Crippen LogP contribution is 2.25. The lowest BCUT2D eigenvalue weighted by Crippen LogP contribution is -2.15. The molecule has 1 N–H and O–H groups in total. The van der Waals surface area contributed by atoms with Gasteiger partial charge < -0.3 is 5.32 Å². The number of nitrogens with one attached hydrogen (secondary N) is 1. The highest BCUT2D eigenvalue weighted by Gasteiger charge is 2.15. The summed E-state index contributed by atoms with van der Waals surface area (Å²) in [6.07, 6.45) is 1.17. The van der Waals surface area contributed by atoms with Crippen molar-refractivity contribution in [2.24, 2.45) is 0 Å². The first-order valence-electron chi connectivity index (χ1n) is 9.68. The molecule has 3 aromatic carbocycles. The van der Waals surface area contributed by atoms with Crippen LogP contribution in [0.2, 0.25) is 0 Å². The standard InChI is InChI=1S/C24H21N3O3S/c1-31(29,30)17-18-9-8-12-20(15-18)24(28)25-23-16-22(19-10-4-2-5-11-19)26-27(23)21-13-6-3-7-14-21/h2-16H,17H2,1H3,(H,25,28). The Labute approximate surface area is 181 Å². The summed E-state index contributed by atoms with van der Waals surface area (Å²) < 4.78 is 24.9. The average Bonchev–Trinajstić information content (AvgIpc) is 3.18. The van der Waals surface area contributed by atoms with E-state index in [1.54, 1.807) is 28.9 Å². The van der Waals surface area contributed by atoms with Crippen LogP contribution in [-0.4, -0.2) is 30.4 Å². The van der Waals surface area contributed by atoms with Crippen molar-refractivity contribution >= 4 is 21.6 Å². The quantitative estimate of drug-likeness (QED) is 0.493. The zero-order valence-corrected chi connectivity index (χ0v) is 17.7. The maximum atomic E-state index is 13.0. The molecule has 0 radical (unpaired) electrons. The second-order valence-electron chi connectivity index (χ2n) is 7.25. The van der Waals surface area contributed by atoms with Crippen molar-refractivity contribution in [3.05, 3.63) is 102 Å². The molecule has 0 spiro atoms. The fourth-order valence-electron chi connectivity index (χ4n) is 3.28. The minimum absolute atomic E-state index is 0.117. The third-order valence-electron chi connectivity index (χ3n) is 4.64. The third-order valence-corrected chi connectivity index (χ3v) is 5.50. The van der Waals surface area contributed by atoms with Crippen LogP contribution in [0.4, 0.5) is 5.82 Å². The number of anilines is 1. The molecule has 0 aliphatic heterocycles. The summed E-state index contributed by atoms with van der Waals surface area (Å²) in [6, 6.07) is 27.7. The number of rotatable bonds is 6. The maximum absolute atomic E-state index is 13.0. The Hall–Kier alpha value is -3.71. The average molecular weight is 432 g/mol. The Morgan fingerprint density at radius 3 is 2.26 bits per heavy atom. The number of hydrogen-bond donors (Lipinski definition) is 1. The summed E-state index contributed by atoms with van der Waals surface area (Å²) >= 11 is 0. The molecule has 4 aromatic rings. The molecule has 0 saturated carbocycles. The summed E-state index contributed by atoms with van der Waals surface area (Å²) in [7, 11) is -3.19. The lowest BCUT2D eigenvalue weighted by atomic mass is 10.1. The van der Waals surface area contributed by atoms with E-state index in [1.807, 2.05) is 66.7 Å². The van der Waals surface area contributed by atoms with Crippen molar-refractivity contribution in [1.29, 1.82) is 0 Å². The van der Waals surface area contributed by atoms with Crippen LogP contribution in [0.5, 0.6) is 0 Å². The molecule has 0 unspecified atom stereocenters. The number of carbonyl (C=O) groups is 1. The van der Waals surface area contributed by atoms with E-state index in [1.165, 1.54) is 6.26 Å². The summed E-state index contributed by atoms with van der Waals surface area (Å²) in [5, 5.41) is 7.60. The van der Waals surface area contributed by atoms with E-state index in [0.29, 0.717) is 16.9 Å². The smallest absolute Gasteiger partial charge is 0.256 e. The molecule has 7 heteroatoms. The number of aromatic nitrogens is 2. The van der Waals surface area contributed by atoms with E-state index < -0.39 is 9.84 Å². The highest BCUT2D eigenvalue weighted by molar-refractivity contribution is 7.89. The molecule has 0 aliphatic rings. The van der Waals surface area contributed by atoms with Gasteiger partial charge in [0, 0.05) is 23.4 Å². The first kappa shape index (κ1) is 20.6. The number of amides is 1. The molecule has 156 valence electrons. The van der Waals surface area contributed by atoms with E-state index in [-0.39, 0.29) is 11.7 Å². The fourth-order valence-corrected chi connectivity index (χ4v) is 4.06. The number of benzene rings is 3. The normalized spacial score (nSPS) is 11.3. The number of nitrogens with zero attached hydrogens (tertiary/aromatic N) is 2. The van der Waals surface area contributed by atoms with Crippen LogP contribution in [-0.2, 0) is 15.6 Å². The molecule has 0 saturated heterocycles. The number of carbonyl (C=O) groups excluding carboxylic acids is 1. The molecule has 1 amide bonds. The molecule has 4 rings (SSSR count). The Bertz CT molecular complexity index is 1310. The predicted octanol–water partition coefficient (Wildman–Crippen LogP) is 4.34. The van der Waals surface area contributed by atoms with Gasteiger partial charge >= 0.3 is 0 Å². The molecule has 1 aromatic heterocycles. The van der Waals surface area contributed by atoms with Crippen LogP contribution in [0.15, 0.2) is 91.0 Å². The molecular formula is C24H21N3O3S. The van der Waals surface area contributed by atoms with Crippen LogP contribution in [0.1, 0.15) is 15.9 Å². The first-order valence-corrected chi connectivity index (χ1v) is 11.7. The van der Waals surface area contributed by atoms with Gasteiger partial charge in [0.25, 0.3) is 5.91 Å². The number of sulfone groups is 1. The summed E-state index contributed by atoms with van der Waals surface area (Å²) in [5.74, 6) is 0.0597. The molecule has 6 nitrogen and oxygen atoms in total. The maximum Gasteiger partial charge on any atom is 0.256 e. The van der Waals surface area contributed by atoms with Gasteiger partial charge in [0.2, 0.25) is 0 Å². The molecule has 0 aliphatic carbocycles. The van der Waals surface area contributed by atoms with Crippen LogP contribution in [0.3, 0.4) is 0 Å². The van der Waals surface area contributed by atoms with Crippen molar-refractivity contribution in [2.45, 2.75) is 5.75 Å². The molecule has 1 heterocycles. The fraction of sp³-hybridized carbons (Fsp3) is 0.0833. The van der Waals surface area contributed by atoms with Gasteiger partial charge in [-0.15, -0.1) is 0 Å².